The molecular weight excluding hydrogens is 350 g/mol. The van der Waals surface area contributed by atoms with Gasteiger partial charge in [-0.1, -0.05) is 27.7 Å². The molecule has 2 aromatic rings. The quantitative estimate of drug-likeness (QED) is 0.657. The summed E-state index contributed by atoms with van der Waals surface area (Å²) in [5, 5.41) is 3.24. The van der Waals surface area contributed by atoms with Gasteiger partial charge in [0.05, 0.1) is 5.25 Å². The predicted octanol–water partition coefficient (Wildman–Crippen LogP) is 3.98. The standard InChI is InChI=1S/C15H16BrN3OS/c1-9-8-10(2)18-15(17-9)21-11(3)14(20)19-13-6-4-12(16)5-7-13/h4-8,11H,1-3H3,(H,19,20)/t11-/m1/s1. The lowest BCUT2D eigenvalue weighted by molar-refractivity contribution is -0.115. The number of nitrogens with one attached hydrogen (secondary N) is 1. The van der Waals surface area contributed by atoms with Gasteiger partial charge in [0, 0.05) is 21.5 Å². The minimum absolute atomic E-state index is 0.0647. The second-order valence-corrected chi connectivity index (χ2v) is 6.91. The first-order valence-corrected chi connectivity index (χ1v) is 8.16. The molecule has 1 heterocycles. The molecule has 0 saturated heterocycles. The van der Waals surface area contributed by atoms with Gasteiger partial charge in [0.2, 0.25) is 5.91 Å². The van der Waals surface area contributed by atoms with Crippen molar-refractivity contribution in [2.45, 2.75) is 31.2 Å². The molecule has 110 valence electrons. The molecule has 1 aromatic carbocycles. The Morgan fingerprint density at radius 3 is 2.33 bits per heavy atom. The summed E-state index contributed by atoms with van der Waals surface area (Å²) in [6.45, 7) is 5.69. The maximum atomic E-state index is 12.2. The Labute approximate surface area is 136 Å². The van der Waals surface area contributed by atoms with Gasteiger partial charge in [-0.05, 0) is 51.1 Å². The van der Waals surface area contributed by atoms with Gasteiger partial charge in [-0.25, -0.2) is 9.97 Å². The molecule has 0 aliphatic rings. The molecule has 0 bridgehead atoms. The molecule has 0 unspecified atom stereocenters. The maximum absolute atomic E-state index is 12.2. The van der Waals surface area contributed by atoms with Gasteiger partial charge in [-0.15, -0.1) is 0 Å². The number of carbonyl (C=O) groups is 1. The summed E-state index contributed by atoms with van der Waals surface area (Å²) in [7, 11) is 0. The lowest BCUT2D eigenvalue weighted by atomic mass is 10.3. The lowest BCUT2D eigenvalue weighted by Crippen LogP contribution is -2.22. The Bertz CT molecular complexity index is 626. The first-order chi connectivity index (χ1) is 9.94. The van der Waals surface area contributed by atoms with Gasteiger partial charge in [0.25, 0.3) is 0 Å². The van der Waals surface area contributed by atoms with Crippen molar-refractivity contribution in [2.24, 2.45) is 0 Å². The maximum Gasteiger partial charge on any atom is 0.237 e. The number of aromatic nitrogens is 2. The number of hydrogen-bond acceptors (Lipinski definition) is 4. The van der Waals surface area contributed by atoms with E-state index in [4.69, 9.17) is 0 Å². The van der Waals surface area contributed by atoms with Crippen molar-refractivity contribution in [1.82, 2.24) is 9.97 Å². The highest BCUT2D eigenvalue weighted by Crippen LogP contribution is 2.22. The van der Waals surface area contributed by atoms with E-state index in [1.54, 1.807) is 0 Å². The molecule has 0 fully saturated rings. The molecule has 0 saturated carbocycles. The van der Waals surface area contributed by atoms with Crippen LogP contribution >= 0.6 is 27.7 Å². The van der Waals surface area contributed by atoms with Crippen LogP contribution in [0.2, 0.25) is 0 Å². The van der Waals surface area contributed by atoms with Gasteiger partial charge < -0.3 is 5.32 Å². The number of benzene rings is 1. The Kier molecular flexibility index (Phi) is 5.36. The Hall–Kier alpha value is -1.40. The SMILES string of the molecule is Cc1cc(C)nc(S[C@H](C)C(=O)Nc2ccc(Br)cc2)n1. The van der Waals surface area contributed by atoms with E-state index < -0.39 is 0 Å². The minimum Gasteiger partial charge on any atom is -0.325 e. The molecule has 0 spiro atoms. The van der Waals surface area contributed by atoms with Crippen LogP contribution in [0.15, 0.2) is 40.0 Å². The zero-order valence-electron chi connectivity index (χ0n) is 12.1. The van der Waals surface area contributed by atoms with Gasteiger partial charge in [-0.2, -0.15) is 0 Å². The number of hydrogen-bond donors (Lipinski definition) is 1. The lowest BCUT2D eigenvalue weighted by Gasteiger charge is -2.11. The summed E-state index contributed by atoms with van der Waals surface area (Å²) < 4.78 is 0.978. The van der Waals surface area contributed by atoms with Crippen molar-refractivity contribution in [1.29, 1.82) is 0 Å². The number of rotatable bonds is 4. The van der Waals surface area contributed by atoms with Gasteiger partial charge in [0.15, 0.2) is 5.16 Å². The molecule has 0 radical (unpaired) electrons. The molecular formula is C15H16BrN3OS. The van der Waals surface area contributed by atoms with Crippen LogP contribution in [0.5, 0.6) is 0 Å². The van der Waals surface area contributed by atoms with Gasteiger partial charge in [0.1, 0.15) is 0 Å². The van der Waals surface area contributed by atoms with E-state index in [-0.39, 0.29) is 11.2 Å². The van der Waals surface area contributed by atoms with E-state index in [9.17, 15) is 4.79 Å². The molecule has 1 atom stereocenters. The fraction of sp³-hybridized carbons (Fsp3) is 0.267. The third-order valence-corrected chi connectivity index (χ3v) is 4.21. The molecule has 1 aromatic heterocycles. The highest BCUT2D eigenvalue weighted by atomic mass is 79.9. The van der Waals surface area contributed by atoms with Crippen LogP contribution in [0.4, 0.5) is 5.69 Å². The number of halogens is 1. The van der Waals surface area contributed by atoms with E-state index in [1.165, 1.54) is 11.8 Å². The largest absolute Gasteiger partial charge is 0.325 e. The van der Waals surface area contributed by atoms with E-state index in [0.717, 1.165) is 21.5 Å². The smallest absolute Gasteiger partial charge is 0.237 e. The Balaban J connectivity index is 2.00. The number of thioether (sulfide) groups is 1. The molecule has 0 aliphatic carbocycles. The Morgan fingerprint density at radius 2 is 1.76 bits per heavy atom. The summed E-state index contributed by atoms with van der Waals surface area (Å²) in [6, 6.07) is 9.40. The summed E-state index contributed by atoms with van der Waals surface area (Å²) >= 11 is 4.72. The average molecular weight is 366 g/mol. The normalized spacial score (nSPS) is 12.0. The number of anilines is 1. The fourth-order valence-corrected chi connectivity index (χ4v) is 2.87. The zero-order valence-corrected chi connectivity index (χ0v) is 14.5. The third kappa shape index (κ3) is 4.82. The third-order valence-electron chi connectivity index (χ3n) is 2.72. The first kappa shape index (κ1) is 16.0. The number of amides is 1. The first-order valence-electron chi connectivity index (χ1n) is 6.49. The minimum atomic E-state index is -0.269. The summed E-state index contributed by atoms with van der Waals surface area (Å²) in [5.41, 5.74) is 2.59. The number of aryl methyl sites for hydroxylation is 2. The summed E-state index contributed by atoms with van der Waals surface area (Å²) in [6.07, 6.45) is 0. The molecule has 21 heavy (non-hydrogen) atoms. The molecule has 0 aliphatic heterocycles. The van der Waals surface area contributed by atoms with Crippen LogP contribution in [0, 0.1) is 13.8 Å². The zero-order chi connectivity index (χ0) is 15.4. The van der Waals surface area contributed by atoms with Gasteiger partial charge in [-0.3, -0.25) is 4.79 Å². The highest BCUT2D eigenvalue weighted by molar-refractivity contribution is 9.10. The van der Waals surface area contributed by atoms with Crippen molar-refractivity contribution in [3.05, 3.63) is 46.2 Å². The highest BCUT2D eigenvalue weighted by Gasteiger charge is 2.16. The molecule has 2 rings (SSSR count). The van der Waals surface area contributed by atoms with Crippen LogP contribution in [-0.4, -0.2) is 21.1 Å². The van der Waals surface area contributed by atoms with Crippen molar-refractivity contribution < 1.29 is 4.79 Å². The summed E-state index contributed by atoms with van der Waals surface area (Å²) in [4.78, 5) is 20.9. The fourth-order valence-electron chi connectivity index (χ4n) is 1.74. The van der Waals surface area contributed by atoms with Crippen LogP contribution in [0.1, 0.15) is 18.3 Å². The molecule has 1 N–H and O–H groups in total. The predicted molar refractivity (Wildman–Crippen MR) is 89.6 cm³/mol. The molecule has 1 amide bonds. The van der Waals surface area contributed by atoms with Crippen molar-refractivity contribution in [3.63, 3.8) is 0 Å². The van der Waals surface area contributed by atoms with Crippen molar-refractivity contribution >= 4 is 39.3 Å². The monoisotopic (exact) mass is 365 g/mol. The molecule has 6 heteroatoms. The molecule has 4 nitrogen and oxygen atoms in total. The number of carbonyl (C=O) groups excluding carboxylic acids is 1. The second-order valence-electron chi connectivity index (χ2n) is 4.69. The topological polar surface area (TPSA) is 54.9 Å². The van der Waals surface area contributed by atoms with Crippen molar-refractivity contribution in [2.75, 3.05) is 5.32 Å². The number of nitrogens with zero attached hydrogens (tertiary/aromatic N) is 2. The van der Waals surface area contributed by atoms with Crippen LogP contribution < -0.4 is 5.32 Å². The van der Waals surface area contributed by atoms with Gasteiger partial charge >= 0.3 is 0 Å². The van der Waals surface area contributed by atoms with E-state index in [2.05, 4.69) is 31.2 Å². The van der Waals surface area contributed by atoms with Crippen LogP contribution in [0.25, 0.3) is 0 Å². The van der Waals surface area contributed by atoms with Crippen LogP contribution in [-0.2, 0) is 4.79 Å². The second kappa shape index (κ2) is 7.04. The van der Waals surface area contributed by atoms with Crippen LogP contribution in [0.3, 0.4) is 0 Å². The van der Waals surface area contributed by atoms with Crippen molar-refractivity contribution in [3.8, 4) is 0 Å². The Morgan fingerprint density at radius 1 is 1.19 bits per heavy atom. The average Bonchev–Trinajstić information content (AvgIpc) is 2.40. The summed E-state index contributed by atoms with van der Waals surface area (Å²) in [5.74, 6) is -0.0647. The van der Waals surface area contributed by atoms with E-state index >= 15 is 0 Å². The van der Waals surface area contributed by atoms with E-state index in [1.807, 2.05) is 51.1 Å². The van der Waals surface area contributed by atoms with E-state index in [0.29, 0.717) is 5.16 Å².